The van der Waals surface area contributed by atoms with Crippen LogP contribution in [-0.2, 0) is 26.0 Å². The van der Waals surface area contributed by atoms with E-state index >= 15 is 0 Å². The molecular formula is C40H45Cl2CoN2O4+. The number of fused-ring (bicyclic) bond motifs is 1. The van der Waals surface area contributed by atoms with E-state index in [0.29, 0.717) is 27.9 Å². The van der Waals surface area contributed by atoms with Crippen LogP contribution in [0, 0.1) is 0 Å². The first-order valence-electron chi connectivity index (χ1n) is 16.5. The molecule has 6 rings (SSSR count). The maximum atomic E-state index is 11.1. The molecule has 1 aliphatic heterocycles. The molecule has 9 heteroatoms. The molecule has 1 saturated carbocycles. The van der Waals surface area contributed by atoms with Crippen LogP contribution in [0.3, 0.4) is 0 Å². The zero-order valence-corrected chi connectivity index (χ0v) is 31.4. The number of hydrogen-bond acceptors (Lipinski definition) is 4. The topological polar surface area (TPSA) is 78.8 Å². The number of phenols is 2. The Hall–Kier alpha value is -3.49. The fraction of sp³-hybridized carbons (Fsp3) is 0.350. The van der Waals surface area contributed by atoms with Crippen LogP contribution in [0.5, 0.6) is 28.7 Å². The van der Waals surface area contributed by atoms with Crippen molar-refractivity contribution in [3.63, 3.8) is 0 Å². The Morgan fingerprint density at radius 3 is 1.55 bits per heavy atom. The van der Waals surface area contributed by atoms with Crippen LogP contribution in [0.4, 0.5) is 0 Å². The Kier molecular flexibility index (Phi) is 11.4. The first kappa shape index (κ1) is 36.8. The standard InChI is InChI=1S/C28H36Cl2N2O2.C12H10O2.Co/c1-27(2,3)21-13-19(29)11-17(25(21)33)15-31-23-9-7-8-10-24(23)32-16-18-12-20(30)14-22(26(18)34)28(4,5)6;13-10-6-8-12(9-7-10)14-11-4-2-1-3-5-11;/h11-16,23-24,33-34H,7-10H2,1-6H3;1-9,13H;/q;;+2/p-1/t23-,24-;;/m1../s1. The van der Waals surface area contributed by atoms with Gasteiger partial charge in [-0.15, -0.1) is 5.75 Å². The molecule has 4 aromatic carbocycles. The van der Waals surface area contributed by atoms with Crippen molar-refractivity contribution in [1.82, 2.24) is 0 Å². The van der Waals surface area contributed by atoms with E-state index < -0.39 is 0 Å². The zero-order chi connectivity index (χ0) is 35.5. The van der Waals surface area contributed by atoms with Crippen LogP contribution in [0.15, 0.2) is 78.9 Å². The van der Waals surface area contributed by atoms with E-state index in [1.54, 1.807) is 12.1 Å². The van der Waals surface area contributed by atoms with Gasteiger partial charge < -0.3 is 9.84 Å². The Morgan fingerprint density at radius 2 is 1.12 bits per heavy atom. The van der Waals surface area contributed by atoms with Crippen LogP contribution in [0.25, 0.3) is 0 Å². The van der Waals surface area contributed by atoms with E-state index in [9.17, 15) is 15.3 Å². The van der Waals surface area contributed by atoms with Gasteiger partial charge in [0.15, 0.2) is 0 Å². The molecule has 1 saturated heterocycles. The van der Waals surface area contributed by atoms with E-state index in [1.807, 2.05) is 67.0 Å². The predicted molar refractivity (Wildman–Crippen MR) is 193 cm³/mol. The fourth-order valence-corrected chi connectivity index (χ4v) is 8.10. The van der Waals surface area contributed by atoms with Gasteiger partial charge in [0.25, 0.3) is 0 Å². The minimum absolute atomic E-state index is 0.00888. The number of benzene rings is 4. The van der Waals surface area contributed by atoms with Crippen LogP contribution < -0.4 is 9.84 Å². The van der Waals surface area contributed by atoms with E-state index in [4.69, 9.17) is 27.9 Å². The summed E-state index contributed by atoms with van der Waals surface area (Å²) < 4.78 is 10.1. The number of rotatable bonds is 4. The average molecular weight is 748 g/mol. The number of hydrogen-bond donors (Lipinski definition) is 2. The fourth-order valence-electron chi connectivity index (χ4n) is 6.02. The molecular weight excluding hydrogens is 702 g/mol. The van der Waals surface area contributed by atoms with Crippen molar-refractivity contribution in [3.05, 3.63) is 111 Å². The van der Waals surface area contributed by atoms with Crippen molar-refractivity contribution in [3.8, 4) is 28.7 Å². The molecule has 2 N–H and O–H groups in total. The quantitative estimate of drug-likeness (QED) is 0.218. The molecule has 1 heterocycles. The normalized spacial score (nSPS) is 19.5. The van der Waals surface area contributed by atoms with Gasteiger partial charge >= 0.3 is 226 Å². The van der Waals surface area contributed by atoms with Gasteiger partial charge in [-0.2, -0.15) is 0 Å². The minimum atomic E-state index is -0.220. The molecule has 6 nitrogen and oxygen atoms in total. The molecule has 49 heavy (non-hydrogen) atoms. The Labute approximate surface area is 306 Å². The Morgan fingerprint density at radius 1 is 0.694 bits per heavy atom. The smallest absolute Gasteiger partial charge is 0.127 e. The maximum Gasteiger partial charge on any atom is 0.127 e. The molecule has 4 aromatic rings. The molecule has 2 aliphatic rings. The van der Waals surface area contributed by atoms with Crippen molar-refractivity contribution in [2.45, 2.75) is 90.1 Å². The van der Waals surface area contributed by atoms with E-state index in [1.165, 1.54) is 25.0 Å². The molecule has 0 bridgehead atoms. The third-order valence-electron chi connectivity index (χ3n) is 8.59. The van der Waals surface area contributed by atoms with E-state index in [2.05, 4.69) is 48.8 Å². The SMILES string of the molecule is CC(C)(C)c1cc(Cl)cc(C=[N+]2[Co][N+](=Cc3cc(Cl)cc(C(C)(C)C)c3O)[C@@H]3CCCC[C@H]32)c1O.[O-]c1ccc(Oc2ccccc2)cc1. The molecule has 0 aromatic heterocycles. The summed E-state index contributed by atoms with van der Waals surface area (Å²) in [6.07, 6.45) is 8.62. The second-order valence-electron chi connectivity index (χ2n) is 14.6. The summed E-state index contributed by atoms with van der Waals surface area (Å²) in [5.74, 6) is 2.01. The summed E-state index contributed by atoms with van der Waals surface area (Å²) in [4.78, 5) is 0. The van der Waals surface area contributed by atoms with Gasteiger partial charge in [0.2, 0.25) is 0 Å². The molecule has 2 fully saturated rings. The third-order valence-corrected chi connectivity index (χ3v) is 10.5. The van der Waals surface area contributed by atoms with Crippen LogP contribution in [0.2, 0.25) is 10.0 Å². The summed E-state index contributed by atoms with van der Waals surface area (Å²) in [5, 5.41) is 34.2. The maximum absolute atomic E-state index is 11.1. The van der Waals surface area contributed by atoms with Crippen LogP contribution in [-0.4, -0.2) is 42.0 Å². The predicted octanol–water partition coefficient (Wildman–Crippen LogP) is 9.35. The Balaban J connectivity index is 0.000000278. The number of ether oxygens (including phenoxy) is 1. The molecule has 1 aliphatic carbocycles. The zero-order valence-electron chi connectivity index (χ0n) is 28.8. The van der Waals surface area contributed by atoms with Gasteiger partial charge in [-0.3, -0.25) is 0 Å². The van der Waals surface area contributed by atoms with Gasteiger partial charge in [-0.05, 0) is 24.3 Å². The summed E-state index contributed by atoms with van der Waals surface area (Å²) >= 11 is 13.9. The molecule has 0 amide bonds. The number of halogens is 2. The summed E-state index contributed by atoms with van der Waals surface area (Å²) in [6, 6.07) is 23.8. The first-order chi connectivity index (χ1) is 23.1. The van der Waals surface area contributed by atoms with Gasteiger partial charge in [0.1, 0.15) is 11.5 Å². The summed E-state index contributed by atoms with van der Waals surface area (Å²) in [5.41, 5.74) is 2.72. The molecule has 2 atom stereocenters. The largest absolute Gasteiger partial charge is 0.872 e. The molecule has 0 unspecified atom stereocenters. The minimum Gasteiger partial charge on any atom is -0.872 e. The van der Waals surface area contributed by atoms with Crippen molar-refractivity contribution in [1.29, 1.82) is 0 Å². The van der Waals surface area contributed by atoms with Gasteiger partial charge in [-0.1, -0.05) is 30.3 Å². The molecule has 0 radical (unpaired) electrons. The number of para-hydroxylation sites is 1. The van der Waals surface area contributed by atoms with E-state index in [-0.39, 0.29) is 28.1 Å². The Bertz CT molecular complexity index is 1750. The second-order valence-corrected chi connectivity index (χ2v) is 16.7. The van der Waals surface area contributed by atoms with Crippen LogP contribution >= 0.6 is 23.2 Å². The van der Waals surface area contributed by atoms with E-state index in [0.717, 1.165) is 56.0 Å². The van der Waals surface area contributed by atoms with Gasteiger partial charge in [-0.25, -0.2) is 0 Å². The number of phenolic OH excluding ortho intramolecular Hbond substituents is 2. The number of nitrogens with zero attached hydrogens (tertiary/aromatic N) is 2. The first-order valence-corrected chi connectivity index (χ1v) is 18.2. The molecule has 0 spiro atoms. The average Bonchev–Trinajstić information content (AvgIpc) is 3.38. The van der Waals surface area contributed by atoms with Gasteiger partial charge in [0, 0.05) is 0 Å². The monoisotopic (exact) mass is 746 g/mol. The van der Waals surface area contributed by atoms with Crippen LogP contribution in [0.1, 0.15) is 89.5 Å². The summed E-state index contributed by atoms with van der Waals surface area (Å²) in [6.45, 7) is 12.5. The van der Waals surface area contributed by atoms with Crippen molar-refractivity contribution in [2.24, 2.45) is 0 Å². The second kappa shape index (κ2) is 15.2. The van der Waals surface area contributed by atoms with Crippen molar-refractivity contribution in [2.75, 3.05) is 0 Å². The number of aromatic hydroxyl groups is 2. The van der Waals surface area contributed by atoms with Crippen molar-refractivity contribution >= 4 is 35.6 Å². The van der Waals surface area contributed by atoms with Gasteiger partial charge in [0.05, 0.1) is 0 Å². The molecule has 261 valence electrons. The summed E-state index contributed by atoms with van der Waals surface area (Å²) in [7, 11) is 0. The third kappa shape index (κ3) is 9.20. The van der Waals surface area contributed by atoms with Crippen molar-refractivity contribution < 1.29 is 42.4 Å².